The molecule has 0 aromatic heterocycles. The molecule has 0 saturated carbocycles. The van der Waals surface area contributed by atoms with Crippen molar-refractivity contribution < 1.29 is 19.2 Å². The van der Waals surface area contributed by atoms with Crippen molar-refractivity contribution in [2.45, 2.75) is 44.6 Å². The van der Waals surface area contributed by atoms with Gasteiger partial charge >= 0.3 is 5.97 Å². The Hall–Kier alpha value is -1.07. The van der Waals surface area contributed by atoms with E-state index in [9.17, 15) is 4.79 Å². The van der Waals surface area contributed by atoms with Crippen LogP contribution < -0.4 is 9.64 Å². The van der Waals surface area contributed by atoms with Gasteiger partial charge in [-0.15, -0.1) is 0 Å². The molecule has 24 heavy (non-hydrogen) atoms. The largest absolute Gasteiger partial charge is 0.496 e. The van der Waals surface area contributed by atoms with E-state index in [0.29, 0.717) is 25.0 Å². The summed E-state index contributed by atoms with van der Waals surface area (Å²) < 4.78 is 11.7. The molecule has 2 heterocycles. The van der Waals surface area contributed by atoms with Gasteiger partial charge in [0.25, 0.3) is 0 Å². The molecule has 0 amide bonds. The Morgan fingerprint density at radius 1 is 1.25 bits per heavy atom. The lowest BCUT2D eigenvalue weighted by Crippen LogP contribution is -3.18. The Kier molecular flexibility index (Phi) is 6.17. The minimum Gasteiger partial charge on any atom is -0.496 e. The van der Waals surface area contributed by atoms with Crippen molar-refractivity contribution in [3.05, 3.63) is 28.2 Å². The van der Waals surface area contributed by atoms with Gasteiger partial charge in [-0.05, 0) is 65.7 Å². The molecule has 1 aromatic rings. The zero-order valence-electron chi connectivity index (χ0n) is 14.4. The number of carbonyl (C=O) groups excluding carboxylic acids is 1. The molecule has 4 nitrogen and oxygen atoms in total. The molecule has 5 heteroatoms. The number of fused-ring (bicyclic) bond motifs is 1. The normalized spacial score (nSPS) is 26.5. The fourth-order valence-electron chi connectivity index (χ4n) is 4.21. The number of hydrogen-bond acceptors (Lipinski definition) is 3. The van der Waals surface area contributed by atoms with E-state index in [1.54, 1.807) is 12.0 Å². The molecule has 2 aliphatic rings. The highest BCUT2D eigenvalue weighted by Crippen LogP contribution is 2.26. The fourth-order valence-corrected chi connectivity index (χ4v) is 4.80. The number of benzene rings is 1. The number of halogens is 1. The molecule has 0 spiro atoms. The van der Waals surface area contributed by atoms with Crippen LogP contribution in [0.5, 0.6) is 5.75 Å². The van der Waals surface area contributed by atoms with E-state index in [1.165, 1.54) is 45.2 Å². The third-order valence-electron chi connectivity index (χ3n) is 5.45. The van der Waals surface area contributed by atoms with E-state index >= 15 is 0 Å². The second-order valence-electron chi connectivity index (χ2n) is 6.99. The lowest BCUT2D eigenvalue weighted by atomic mass is 9.84. The number of rotatable bonds is 5. The zero-order valence-corrected chi connectivity index (χ0v) is 15.9. The quantitative estimate of drug-likeness (QED) is 0.776. The molecule has 0 radical (unpaired) electrons. The van der Waals surface area contributed by atoms with Crippen LogP contribution in [0.2, 0.25) is 0 Å². The van der Waals surface area contributed by atoms with Crippen LogP contribution in [-0.4, -0.2) is 38.8 Å². The molecule has 0 bridgehead atoms. The van der Waals surface area contributed by atoms with Crippen molar-refractivity contribution >= 4 is 21.9 Å². The third-order valence-corrected chi connectivity index (χ3v) is 6.07. The molecular weight excluding hydrogens is 370 g/mol. The number of ether oxygens (including phenoxy) is 2. The van der Waals surface area contributed by atoms with Gasteiger partial charge in [0.15, 0.2) is 0 Å². The molecule has 132 valence electrons. The maximum Gasteiger partial charge on any atom is 0.310 e. The Balaban J connectivity index is 1.51. The zero-order chi connectivity index (χ0) is 16.9. The minimum atomic E-state index is -0.130. The Morgan fingerprint density at radius 3 is 2.88 bits per heavy atom. The van der Waals surface area contributed by atoms with Gasteiger partial charge in [0.2, 0.25) is 0 Å². The molecule has 1 N–H and O–H groups in total. The van der Waals surface area contributed by atoms with Crippen LogP contribution in [0.25, 0.3) is 0 Å². The van der Waals surface area contributed by atoms with Crippen LogP contribution in [0.1, 0.15) is 37.7 Å². The second-order valence-corrected chi connectivity index (χ2v) is 7.85. The minimum absolute atomic E-state index is 0.130. The number of piperidine rings is 2. The number of quaternary nitrogens is 1. The molecular formula is C19H27BrNO3+. The molecule has 3 rings (SSSR count). The topological polar surface area (TPSA) is 40.0 Å². The van der Waals surface area contributed by atoms with Crippen molar-refractivity contribution in [3.63, 3.8) is 0 Å². The van der Waals surface area contributed by atoms with Gasteiger partial charge in [-0.25, -0.2) is 0 Å². The van der Waals surface area contributed by atoms with Crippen LogP contribution in [0, 0.1) is 5.92 Å². The van der Waals surface area contributed by atoms with Crippen LogP contribution in [0.4, 0.5) is 0 Å². The lowest BCUT2D eigenvalue weighted by molar-refractivity contribution is -0.940. The van der Waals surface area contributed by atoms with Gasteiger partial charge in [0.1, 0.15) is 5.75 Å². The molecule has 2 saturated heterocycles. The number of hydrogen-bond donors (Lipinski definition) is 1. The third kappa shape index (κ3) is 4.31. The highest BCUT2D eigenvalue weighted by molar-refractivity contribution is 9.10. The maximum atomic E-state index is 12.2. The number of esters is 1. The predicted octanol–water partition coefficient (Wildman–Crippen LogP) is 2.39. The van der Waals surface area contributed by atoms with Crippen LogP contribution in [0.15, 0.2) is 22.7 Å². The number of nitrogens with one attached hydrogen (secondary N) is 1. The maximum absolute atomic E-state index is 12.2. The van der Waals surface area contributed by atoms with Gasteiger partial charge < -0.3 is 14.4 Å². The van der Waals surface area contributed by atoms with Crippen molar-refractivity contribution in [1.82, 2.24) is 0 Å². The first-order valence-corrected chi connectivity index (χ1v) is 9.79. The standard InChI is InChI=1S/C19H26BrNO3/c1-23-18-8-7-14(11-16(18)20)12-19(22)24-13-15-5-4-10-21-9-3-2-6-17(15)21/h7-8,11,15,17H,2-6,9-10,12-13H2,1H3/p+1/t15-,17-/m1/s1. The summed E-state index contributed by atoms with van der Waals surface area (Å²) in [6.45, 7) is 3.19. The number of carbonyl (C=O) groups is 1. The summed E-state index contributed by atoms with van der Waals surface area (Å²) in [5.41, 5.74) is 0.946. The van der Waals surface area contributed by atoms with Crippen LogP contribution in [0.3, 0.4) is 0 Å². The van der Waals surface area contributed by atoms with E-state index in [1.807, 2.05) is 18.2 Å². The van der Waals surface area contributed by atoms with Crippen LogP contribution >= 0.6 is 15.9 Å². The second kappa shape index (κ2) is 8.34. The summed E-state index contributed by atoms with van der Waals surface area (Å²) >= 11 is 3.46. The first-order valence-electron chi connectivity index (χ1n) is 9.00. The van der Waals surface area contributed by atoms with Crippen molar-refractivity contribution in [2.75, 3.05) is 26.8 Å². The van der Waals surface area contributed by atoms with Gasteiger partial charge in [0, 0.05) is 5.92 Å². The summed E-state index contributed by atoms with van der Waals surface area (Å²) in [5, 5.41) is 0. The molecule has 2 aliphatic heterocycles. The average Bonchev–Trinajstić information content (AvgIpc) is 2.60. The molecule has 0 aliphatic carbocycles. The average molecular weight is 397 g/mol. The first kappa shape index (κ1) is 17.7. The van der Waals surface area contributed by atoms with E-state index < -0.39 is 0 Å². The summed E-state index contributed by atoms with van der Waals surface area (Å²) in [7, 11) is 1.63. The molecule has 3 atom stereocenters. The molecule has 2 fully saturated rings. The SMILES string of the molecule is COc1ccc(CC(=O)OC[C@H]2CCC[NH+]3CCCC[C@H]23)cc1Br. The van der Waals surface area contributed by atoms with E-state index in [-0.39, 0.29) is 5.97 Å². The van der Waals surface area contributed by atoms with Gasteiger partial charge in [-0.1, -0.05) is 6.07 Å². The summed E-state index contributed by atoms with van der Waals surface area (Å²) in [6, 6.07) is 6.42. The summed E-state index contributed by atoms with van der Waals surface area (Å²) in [6.07, 6.45) is 6.76. The predicted molar refractivity (Wildman–Crippen MR) is 96.4 cm³/mol. The van der Waals surface area contributed by atoms with E-state index in [2.05, 4.69) is 15.9 Å². The smallest absolute Gasteiger partial charge is 0.310 e. The highest BCUT2D eigenvalue weighted by atomic mass is 79.9. The number of methoxy groups -OCH3 is 1. The summed E-state index contributed by atoms with van der Waals surface area (Å²) in [4.78, 5) is 13.9. The van der Waals surface area contributed by atoms with Crippen molar-refractivity contribution in [2.24, 2.45) is 5.92 Å². The van der Waals surface area contributed by atoms with Crippen molar-refractivity contribution in [3.8, 4) is 5.75 Å². The highest BCUT2D eigenvalue weighted by Gasteiger charge is 2.37. The fraction of sp³-hybridized carbons (Fsp3) is 0.632. The van der Waals surface area contributed by atoms with Gasteiger partial charge in [0.05, 0.1) is 43.7 Å². The van der Waals surface area contributed by atoms with Gasteiger partial charge in [-0.2, -0.15) is 0 Å². The molecule has 1 unspecified atom stereocenters. The Bertz CT molecular complexity index is 576. The van der Waals surface area contributed by atoms with Gasteiger partial charge in [-0.3, -0.25) is 4.79 Å². The monoisotopic (exact) mass is 396 g/mol. The molecule has 1 aromatic carbocycles. The summed E-state index contributed by atoms with van der Waals surface area (Å²) in [5.74, 6) is 1.19. The Labute approximate surface area is 152 Å². The van der Waals surface area contributed by atoms with E-state index in [0.717, 1.165) is 15.8 Å². The van der Waals surface area contributed by atoms with Crippen LogP contribution in [-0.2, 0) is 16.0 Å². The lowest BCUT2D eigenvalue weighted by Gasteiger charge is -2.41. The first-order chi connectivity index (χ1) is 11.7. The van der Waals surface area contributed by atoms with Crippen molar-refractivity contribution in [1.29, 1.82) is 0 Å². The Morgan fingerprint density at radius 2 is 2.08 bits per heavy atom. The van der Waals surface area contributed by atoms with E-state index in [4.69, 9.17) is 9.47 Å².